The molecule has 0 amide bonds. The number of aromatic nitrogens is 3. The van der Waals surface area contributed by atoms with Crippen LogP contribution in [0.1, 0.15) is 36.6 Å². The van der Waals surface area contributed by atoms with Crippen molar-refractivity contribution < 1.29 is 9.90 Å². The Bertz CT molecular complexity index is 616. The lowest BCUT2D eigenvalue weighted by atomic mass is 9.94. The molecule has 1 unspecified atom stereocenters. The van der Waals surface area contributed by atoms with E-state index in [4.69, 9.17) is 5.11 Å². The number of carboxylic acid groups (broad SMARTS) is 1. The van der Waals surface area contributed by atoms with Gasteiger partial charge >= 0.3 is 5.97 Å². The highest BCUT2D eigenvalue weighted by molar-refractivity contribution is 5.84. The number of aryl methyl sites for hydroxylation is 3. The van der Waals surface area contributed by atoms with Gasteiger partial charge in [0.1, 0.15) is 0 Å². The van der Waals surface area contributed by atoms with Crippen LogP contribution in [0.4, 0.5) is 0 Å². The van der Waals surface area contributed by atoms with Gasteiger partial charge in [0.2, 0.25) is 0 Å². The molecule has 1 N–H and O–H groups in total. The van der Waals surface area contributed by atoms with E-state index in [9.17, 15) is 4.79 Å². The molecule has 0 spiro atoms. The normalized spacial score (nSPS) is 12.9. The molecule has 0 bridgehead atoms. The third-order valence-corrected chi connectivity index (χ3v) is 3.39. The van der Waals surface area contributed by atoms with Crippen molar-refractivity contribution in [3.05, 3.63) is 23.0 Å². The monoisotopic (exact) mass is 247 g/mol. The molecule has 0 radical (unpaired) electrons. The van der Waals surface area contributed by atoms with Crippen molar-refractivity contribution in [1.82, 2.24) is 14.8 Å². The molecule has 0 aromatic carbocycles. The highest BCUT2D eigenvalue weighted by atomic mass is 16.4. The molecule has 18 heavy (non-hydrogen) atoms. The predicted molar refractivity (Wildman–Crippen MR) is 68.7 cm³/mol. The van der Waals surface area contributed by atoms with Gasteiger partial charge in [0.15, 0.2) is 5.65 Å². The highest BCUT2D eigenvalue weighted by Crippen LogP contribution is 2.28. The maximum Gasteiger partial charge on any atom is 0.310 e. The summed E-state index contributed by atoms with van der Waals surface area (Å²) in [7, 11) is 0. The Balaban J connectivity index is 2.74. The number of fused-ring (bicyclic) bond motifs is 1. The van der Waals surface area contributed by atoms with E-state index in [0.717, 1.165) is 34.4 Å². The minimum Gasteiger partial charge on any atom is -0.481 e. The summed E-state index contributed by atoms with van der Waals surface area (Å²) in [4.78, 5) is 15.7. The first-order valence-electron chi connectivity index (χ1n) is 6.02. The number of hydrogen-bond acceptors (Lipinski definition) is 3. The zero-order valence-electron chi connectivity index (χ0n) is 11.1. The Kier molecular flexibility index (Phi) is 3.07. The number of aliphatic carboxylic acids is 1. The maximum absolute atomic E-state index is 11.2. The summed E-state index contributed by atoms with van der Waals surface area (Å²) in [6.07, 6.45) is 1.76. The van der Waals surface area contributed by atoms with E-state index in [0.29, 0.717) is 0 Å². The first kappa shape index (κ1) is 12.5. The standard InChI is InChI=1S/C13H17N3O2/c1-5-16-12-10(6-14-16)7(2)11(9(4)15-12)8(3)13(17)18/h6,8H,5H2,1-4H3,(H,17,18). The molecule has 1 atom stereocenters. The van der Waals surface area contributed by atoms with Crippen molar-refractivity contribution in [1.29, 1.82) is 0 Å². The second kappa shape index (κ2) is 4.40. The van der Waals surface area contributed by atoms with Crippen LogP contribution in [-0.4, -0.2) is 25.8 Å². The third kappa shape index (κ3) is 1.75. The molecule has 0 aliphatic carbocycles. The number of rotatable bonds is 3. The average Bonchev–Trinajstić information content (AvgIpc) is 2.71. The van der Waals surface area contributed by atoms with Gasteiger partial charge in [-0.05, 0) is 38.8 Å². The van der Waals surface area contributed by atoms with Crippen LogP contribution in [0.2, 0.25) is 0 Å². The fraction of sp³-hybridized carbons (Fsp3) is 0.462. The zero-order chi connectivity index (χ0) is 13.4. The molecular formula is C13H17N3O2. The van der Waals surface area contributed by atoms with E-state index in [1.54, 1.807) is 13.1 Å². The minimum atomic E-state index is -0.828. The van der Waals surface area contributed by atoms with Crippen LogP contribution in [0.3, 0.4) is 0 Å². The number of pyridine rings is 1. The molecule has 2 heterocycles. The molecule has 5 nitrogen and oxygen atoms in total. The summed E-state index contributed by atoms with van der Waals surface area (Å²) >= 11 is 0. The van der Waals surface area contributed by atoms with E-state index in [1.807, 2.05) is 25.5 Å². The van der Waals surface area contributed by atoms with Crippen LogP contribution in [0.25, 0.3) is 11.0 Å². The van der Waals surface area contributed by atoms with Crippen molar-refractivity contribution in [3.63, 3.8) is 0 Å². The van der Waals surface area contributed by atoms with E-state index >= 15 is 0 Å². The summed E-state index contributed by atoms with van der Waals surface area (Å²) in [5, 5.41) is 14.4. The van der Waals surface area contributed by atoms with Gasteiger partial charge in [0, 0.05) is 17.6 Å². The van der Waals surface area contributed by atoms with Crippen LogP contribution in [0.15, 0.2) is 6.20 Å². The summed E-state index contributed by atoms with van der Waals surface area (Å²) < 4.78 is 1.82. The average molecular weight is 247 g/mol. The molecular weight excluding hydrogens is 230 g/mol. The molecule has 2 aromatic heterocycles. The van der Waals surface area contributed by atoms with Crippen LogP contribution < -0.4 is 0 Å². The Morgan fingerprint density at radius 2 is 2.17 bits per heavy atom. The first-order chi connectivity index (χ1) is 8.47. The molecule has 0 aliphatic heterocycles. The van der Waals surface area contributed by atoms with Crippen molar-refractivity contribution in [2.75, 3.05) is 0 Å². The Morgan fingerprint density at radius 1 is 1.50 bits per heavy atom. The Morgan fingerprint density at radius 3 is 2.72 bits per heavy atom. The Labute approximate surface area is 105 Å². The van der Waals surface area contributed by atoms with Gasteiger partial charge in [-0.15, -0.1) is 0 Å². The third-order valence-electron chi connectivity index (χ3n) is 3.39. The number of carbonyl (C=O) groups is 1. The largest absolute Gasteiger partial charge is 0.481 e. The van der Waals surface area contributed by atoms with Crippen LogP contribution in [0.5, 0.6) is 0 Å². The summed E-state index contributed by atoms with van der Waals surface area (Å²) in [6, 6.07) is 0. The number of carboxylic acids is 1. The molecule has 0 saturated heterocycles. The van der Waals surface area contributed by atoms with Crippen LogP contribution >= 0.6 is 0 Å². The fourth-order valence-corrected chi connectivity index (χ4v) is 2.39. The lowest BCUT2D eigenvalue weighted by Gasteiger charge is -2.14. The summed E-state index contributed by atoms with van der Waals surface area (Å²) in [5.41, 5.74) is 3.36. The van der Waals surface area contributed by atoms with Gasteiger partial charge in [-0.25, -0.2) is 9.67 Å². The lowest BCUT2D eigenvalue weighted by molar-refractivity contribution is -0.138. The van der Waals surface area contributed by atoms with Gasteiger partial charge in [-0.1, -0.05) is 0 Å². The van der Waals surface area contributed by atoms with Gasteiger partial charge < -0.3 is 5.11 Å². The predicted octanol–water partition coefficient (Wildman–Crippen LogP) is 2.26. The summed E-state index contributed by atoms with van der Waals surface area (Å²) in [6.45, 7) is 8.24. The van der Waals surface area contributed by atoms with Gasteiger partial charge in [-0.2, -0.15) is 5.10 Å². The molecule has 5 heteroatoms. The highest BCUT2D eigenvalue weighted by Gasteiger charge is 2.22. The van der Waals surface area contributed by atoms with E-state index in [-0.39, 0.29) is 0 Å². The van der Waals surface area contributed by atoms with Gasteiger partial charge in [0.25, 0.3) is 0 Å². The molecule has 0 saturated carbocycles. The SMILES string of the molecule is CCn1ncc2c(C)c(C(C)C(=O)O)c(C)nc21. The second-order valence-electron chi connectivity index (χ2n) is 4.49. The zero-order valence-corrected chi connectivity index (χ0v) is 11.1. The number of hydrogen-bond donors (Lipinski definition) is 1. The lowest BCUT2D eigenvalue weighted by Crippen LogP contribution is -2.12. The second-order valence-corrected chi connectivity index (χ2v) is 4.49. The number of nitrogens with zero attached hydrogens (tertiary/aromatic N) is 3. The van der Waals surface area contributed by atoms with Crippen molar-refractivity contribution >= 4 is 17.0 Å². The van der Waals surface area contributed by atoms with Crippen molar-refractivity contribution in [3.8, 4) is 0 Å². The van der Waals surface area contributed by atoms with Gasteiger partial charge in [-0.3, -0.25) is 4.79 Å². The van der Waals surface area contributed by atoms with E-state index in [2.05, 4.69) is 10.1 Å². The fourth-order valence-electron chi connectivity index (χ4n) is 2.39. The van der Waals surface area contributed by atoms with Gasteiger partial charge in [0.05, 0.1) is 12.1 Å². The maximum atomic E-state index is 11.2. The first-order valence-corrected chi connectivity index (χ1v) is 6.02. The van der Waals surface area contributed by atoms with E-state index in [1.165, 1.54) is 0 Å². The molecule has 0 aliphatic rings. The smallest absolute Gasteiger partial charge is 0.310 e. The Hall–Kier alpha value is -1.91. The van der Waals surface area contributed by atoms with E-state index < -0.39 is 11.9 Å². The van der Waals surface area contributed by atoms with Crippen LogP contribution in [-0.2, 0) is 11.3 Å². The molecule has 96 valence electrons. The molecule has 0 fully saturated rings. The topological polar surface area (TPSA) is 68.0 Å². The molecule has 2 rings (SSSR count). The minimum absolute atomic E-state index is 0.549. The van der Waals surface area contributed by atoms with Crippen LogP contribution in [0, 0.1) is 13.8 Å². The summed E-state index contributed by atoms with van der Waals surface area (Å²) in [5.74, 6) is -1.38. The van der Waals surface area contributed by atoms with Crippen molar-refractivity contribution in [2.45, 2.75) is 40.2 Å². The quantitative estimate of drug-likeness (QED) is 0.903. The van der Waals surface area contributed by atoms with Crippen molar-refractivity contribution in [2.24, 2.45) is 0 Å². The molecule has 2 aromatic rings.